The second-order valence-corrected chi connectivity index (χ2v) is 9.77. The number of anilines is 3. The maximum atomic E-state index is 12.0. The van der Waals surface area contributed by atoms with Gasteiger partial charge in [0.05, 0.1) is 0 Å². The molecule has 0 amide bonds. The van der Waals surface area contributed by atoms with Gasteiger partial charge in [-0.2, -0.15) is 0 Å². The quantitative estimate of drug-likeness (QED) is 0.112. The van der Waals surface area contributed by atoms with E-state index in [1.54, 1.807) is 38.1 Å². The Bertz CT molecular complexity index is 1750. The van der Waals surface area contributed by atoms with Gasteiger partial charge in [-0.05, 0) is 96.4 Å². The minimum Gasteiger partial charge on any atom is -0.423 e. The number of benzene rings is 5. The highest BCUT2D eigenvalue weighted by Crippen LogP contribution is 2.38. The summed E-state index contributed by atoms with van der Waals surface area (Å²) in [5, 5.41) is 2.29. The van der Waals surface area contributed by atoms with Gasteiger partial charge in [-0.3, -0.25) is 0 Å². The van der Waals surface area contributed by atoms with Gasteiger partial charge in [0.25, 0.3) is 0 Å². The minimum atomic E-state index is -0.457. The van der Waals surface area contributed by atoms with Crippen LogP contribution in [0.5, 0.6) is 11.5 Å². The predicted molar refractivity (Wildman–Crippen MR) is 165 cm³/mol. The van der Waals surface area contributed by atoms with E-state index >= 15 is 0 Å². The van der Waals surface area contributed by atoms with E-state index in [0.29, 0.717) is 22.6 Å². The topological polar surface area (TPSA) is 55.8 Å². The second-order valence-electron chi connectivity index (χ2n) is 9.77. The van der Waals surface area contributed by atoms with Crippen LogP contribution in [0.4, 0.5) is 17.1 Å². The number of fused-ring (bicyclic) bond motifs is 1. The molecule has 0 N–H and O–H groups in total. The van der Waals surface area contributed by atoms with Crippen LogP contribution in [0.15, 0.2) is 140 Å². The normalized spacial score (nSPS) is 10.6. The fraction of sp³-hybridized carbons (Fsp3) is 0.0556. The Balaban J connectivity index is 1.47. The van der Waals surface area contributed by atoms with Crippen LogP contribution in [-0.2, 0) is 9.59 Å². The van der Waals surface area contributed by atoms with Crippen molar-refractivity contribution in [2.75, 3.05) is 4.90 Å². The van der Waals surface area contributed by atoms with Crippen LogP contribution in [0, 0.1) is 0 Å². The van der Waals surface area contributed by atoms with Crippen molar-refractivity contribution in [1.29, 1.82) is 0 Å². The first-order chi connectivity index (χ1) is 19.8. The molecule has 0 aliphatic carbocycles. The third-order valence-electron chi connectivity index (χ3n) is 6.52. The van der Waals surface area contributed by atoms with Gasteiger partial charge in [-0.15, -0.1) is 0 Å². The summed E-state index contributed by atoms with van der Waals surface area (Å²) >= 11 is 0. The molecule has 0 radical (unpaired) electrons. The monoisotopic (exact) mass is 539 g/mol. The third-order valence-corrected chi connectivity index (χ3v) is 6.52. The molecule has 0 saturated heterocycles. The van der Waals surface area contributed by atoms with Gasteiger partial charge in [0, 0.05) is 28.2 Å². The molecule has 0 unspecified atom stereocenters. The molecule has 5 rings (SSSR count). The zero-order chi connectivity index (χ0) is 28.9. The molecule has 41 heavy (non-hydrogen) atoms. The van der Waals surface area contributed by atoms with E-state index in [9.17, 15) is 9.59 Å². The lowest BCUT2D eigenvalue weighted by molar-refractivity contribution is -0.130. The zero-order valence-corrected chi connectivity index (χ0v) is 23.0. The molecule has 5 aromatic carbocycles. The van der Waals surface area contributed by atoms with Gasteiger partial charge < -0.3 is 14.4 Å². The van der Waals surface area contributed by atoms with Crippen molar-refractivity contribution >= 4 is 39.8 Å². The second kappa shape index (κ2) is 11.8. The standard InChI is InChI=1S/C36H29NO4/c1-24(2)35(38)40-33-19-12-28(13-20-33)27-9-14-30(15-10-27)37(32-16-11-26-7-5-6-8-29(26)23-32)31-17-21-34(22-18-31)41-36(39)25(3)4/h5-23H,1,3H2,2,4H3. The molecule has 202 valence electrons. The average molecular weight is 540 g/mol. The van der Waals surface area contributed by atoms with Gasteiger partial charge in [0.1, 0.15) is 11.5 Å². The van der Waals surface area contributed by atoms with Gasteiger partial charge in [-0.1, -0.05) is 67.8 Å². The summed E-state index contributed by atoms with van der Waals surface area (Å²) < 4.78 is 10.7. The van der Waals surface area contributed by atoms with E-state index in [4.69, 9.17) is 9.47 Å². The van der Waals surface area contributed by atoms with Crippen molar-refractivity contribution in [3.05, 3.63) is 140 Å². The van der Waals surface area contributed by atoms with Gasteiger partial charge in [0.15, 0.2) is 0 Å². The molecule has 0 fully saturated rings. The maximum Gasteiger partial charge on any atom is 0.338 e. The smallest absolute Gasteiger partial charge is 0.338 e. The van der Waals surface area contributed by atoms with Crippen LogP contribution in [0.3, 0.4) is 0 Å². The minimum absolute atomic E-state index is 0.342. The van der Waals surface area contributed by atoms with Crippen molar-refractivity contribution in [1.82, 2.24) is 0 Å². The predicted octanol–water partition coefficient (Wildman–Crippen LogP) is 8.94. The summed E-state index contributed by atoms with van der Waals surface area (Å²) in [6.45, 7) is 10.5. The summed E-state index contributed by atoms with van der Waals surface area (Å²) in [5.74, 6) is 0.0193. The molecule has 0 atom stereocenters. The van der Waals surface area contributed by atoms with Crippen LogP contribution in [0.2, 0.25) is 0 Å². The van der Waals surface area contributed by atoms with E-state index in [1.165, 1.54) is 0 Å². The lowest BCUT2D eigenvalue weighted by Gasteiger charge is -2.26. The molecule has 5 aromatic rings. The zero-order valence-electron chi connectivity index (χ0n) is 23.0. The summed E-state index contributed by atoms with van der Waals surface area (Å²) in [6.07, 6.45) is 0. The van der Waals surface area contributed by atoms with Gasteiger partial charge >= 0.3 is 11.9 Å². The van der Waals surface area contributed by atoms with E-state index in [1.807, 2.05) is 36.4 Å². The van der Waals surface area contributed by atoms with Crippen LogP contribution in [0.25, 0.3) is 21.9 Å². The fourth-order valence-electron chi connectivity index (χ4n) is 4.33. The van der Waals surface area contributed by atoms with E-state index < -0.39 is 11.9 Å². The summed E-state index contributed by atoms with van der Waals surface area (Å²) in [4.78, 5) is 26.0. The first-order valence-electron chi connectivity index (χ1n) is 13.1. The van der Waals surface area contributed by atoms with Crippen molar-refractivity contribution < 1.29 is 19.1 Å². The van der Waals surface area contributed by atoms with Crippen molar-refractivity contribution in [3.8, 4) is 22.6 Å². The van der Waals surface area contributed by atoms with Crippen molar-refractivity contribution in [2.45, 2.75) is 13.8 Å². The Morgan fingerprint density at radius 3 is 1.46 bits per heavy atom. The SMILES string of the molecule is C=C(C)C(=O)Oc1ccc(-c2ccc(N(c3ccc(OC(=O)C(=C)C)cc3)c3ccc4ccccc4c3)cc2)cc1. The van der Waals surface area contributed by atoms with Crippen molar-refractivity contribution in [3.63, 3.8) is 0 Å². The van der Waals surface area contributed by atoms with Crippen LogP contribution >= 0.6 is 0 Å². The van der Waals surface area contributed by atoms with E-state index in [0.717, 1.165) is 39.0 Å². The number of carbonyl (C=O) groups is 2. The van der Waals surface area contributed by atoms with Crippen LogP contribution in [-0.4, -0.2) is 11.9 Å². The fourth-order valence-corrected chi connectivity index (χ4v) is 4.33. The number of rotatable bonds is 8. The van der Waals surface area contributed by atoms with Crippen molar-refractivity contribution in [2.24, 2.45) is 0 Å². The first kappa shape index (κ1) is 27.2. The van der Waals surface area contributed by atoms with Crippen LogP contribution < -0.4 is 14.4 Å². The molecule has 0 aliphatic heterocycles. The molecule has 0 aliphatic rings. The Hall–Kier alpha value is -5.42. The molecule has 5 nitrogen and oxygen atoms in total. The Morgan fingerprint density at radius 2 is 0.951 bits per heavy atom. The largest absolute Gasteiger partial charge is 0.423 e. The van der Waals surface area contributed by atoms with E-state index in [2.05, 4.69) is 72.7 Å². The molecule has 0 heterocycles. The summed E-state index contributed by atoms with van der Waals surface area (Å²) in [7, 11) is 0. The number of ether oxygens (including phenoxy) is 2. The highest BCUT2D eigenvalue weighted by molar-refractivity contribution is 5.91. The van der Waals surface area contributed by atoms with E-state index in [-0.39, 0.29) is 0 Å². The number of nitrogens with zero attached hydrogens (tertiary/aromatic N) is 1. The summed E-state index contributed by atoms with van der Waals surface area (Å²) in [5.41, 5.74) is 5.57. The first-order valence-corrected chi connectivity index (χ1v) is 13.1. The highest BCUT2D eigenvalue weighted by Gasteiger charge is 2.15. The molecule has 0 spiro atoms. The molecule has 5 heteroatoms. The van der Waals surface area contributed by atoms with Crippen LogP contribution in [0.1, 0.15) is 13.8 Å². The van der Waals surface area contributed by atoms with Gasteiger partial charge in [0.2, 0.25) is 0 Å². The lowest BCUT2D eigenvalue weighted by Crippen LogP contribution is -2.11. The molecule has 0 aromatic heterocycles. The number of carbonyl (C=O) groups excluding carboxylic acids is 2. The Morgan fingerprint density at radius 1 is 0.537 bits per heavy atom. The Labute approximate surface area is 239 Å². The Kier molecular flexibility index (Phi) is 7.79. The maximum absolute atomic E-state index is 12.0. The molecule has 0 bridgehead atoms. The number of hydrogen-bond donors (Lipinski definition) is 0. The molecular weight excluding hydrogens is 510 g/mol. The molecular formula is C36H29NO4. The highest BCUT2D eigenvalue weighted by atomic mass is 16.5. The lowest BCUT2D eigenvalue weighted by atomic mass is 10.0. The number of esters is 2. The average Bonchev–Trinajstić information content (AvgIpc) is 2.99. The third kappa shape index (κ3) is 6.26. The van der Waals surface area contributed by atoms with Gasteiger partial charge in [-0.25, -0.2) is 9.59 Å². The summed E-state index contributed by atoms with van der Waals surface area (Å²) in [6, 6.07) is 37.6. The number of hydrogen-bond acceptors (Lipinski definition) is 5. The molecule has 0 saturated carbocycles.